The van der Waals surface area contributed by atoms with E-state index >= 15 is 0 Å². The van der Waals surface area contributed by atoms with Gasteiger partial charge in [0.05, 0.1) is 0 Å². The van der Waals surface area contributed by atoms with Crippen molar-refractivity contribution < 1.29 is 9.22 Å². The Morgan fingerprint density at radius 3 is 2.30 bits per heavy atom. The van der Waals surface area contributed by atoms with E-state index in [9.17, 15) is 4.79 Å². The molecule has 1 rings (SSSR count). The van der Waals surface area contributed by atoms with Gasteiger partial charge in [0.2, 0.25) is 8.32 Å². The molecule has 0 saturated carbocycles. The number of carbonyl (C=O) groups excluding carboxylic acids is 1. The molecule has 0 bridgehead atoms. The Labute approximate surface area is 124 Å². The van der Waals surface area contributed by atoms with E-state index in [0.717, 1.165) is 24.1 Å². The highest BCUT2D eigenvalue weighted by Gasteiger charge is 2.39. The molecule has 0 fully saturated rings. The van der Waals surface area contributed by atoms with Crippen molar-refractivity contribution in [3.8, 4) is 5.75 Å². The highest BCUT2D eigenvalue weighted by Crippen LogP contribution is 2.38. The number of benzene rings is 1. The molecule has 0 aliphatic heterocycles. The van der Waals surface area contributed by atoms with E-state index in [1.54, 1.807) is 0 Å². The number of hydrogen-bond donors (Lipinski definition) is 0. The Kier molecular flexibility index (Phi) is 5.16. The molecule has 0 unspecified atom stereocenters. The van der Waals surface area contributed by atoms with Gasteiger partial charge in [-0.15, -0.1) is 0 Å². The third kappa shape index (κ3) is 4.18. The lowest BCUT2D eigenvalue weighted by Crippen LogP contribution is -2.44. The van der Waals surface area contributed by atoms with Gasteiger partial charge in [0.25, 0.3) is 0 Å². The molecule has 3 nitrogen and oxygen atoms in total. The summed E-state index contributed by atoms with van der Waals surface area (Å²) in [6.07, 6.45) is 0.884. The lowest BCUT2D eigenvalue weighted by Gasteiger charge is -2.37. The highest BCUT2D eigenvalue weighted by molar-refractivity contribution is 6.74. The maximum atomic E-state index is 11.0. The first kappa shape index (κ1) is 16.9. The van der Waals surface area contributed by atoms with Crippen LogP contribution in [0.1, 0.15) is 36.7 Å². The van der Waals surface area contributed by atoms with E-state index < -0.39 is 8.32 Å². The van der Waals surface area contributed by atoms with E-state index in [1.807, 2.05) is 32.3 Å². The van der Waals surface area contributed by atoms with Crippen LogP contribution in [0.4, 0.5) is 0 Å². The smallest absolute Gasteiger partial charge is 0.250 e. The fourth-order valence-corrected chi connectivity index (χ4v) is 2.72. The quantitative estimate of drug-likeness (QED) is 0.608. The molecular formula is C16H27NO2Si. The van der Waals surface area contributed by atoms with Crippen LogP contribution >= 0.6 is 0 Å². The van der Waals surface area contributed by atoms with Gasteiger partial charge in [-0.3, -0.25) is 4.79 Å². The highest BCUT2D eigenvalue weighted by atomic mass is 28.4. The standard InChI is InChI=1S/C16H27NO2Si/c1-16(2,3)20(6,7)19-15-9-8-13(12-18)10-14(15)11-17(4)5/h8-10,12H,11H2,1-7H3. The predicted molar refractivity (Wildman–Crippen MR) is 87.0 cm³/mol. The van der Waals surface area contributed by atoms with Crippen molar-refractivity contribution in [3.05, 3.63) is 29.3 Å². The summed E-state index contributed by atoms with van der Waals surface area (Å²) in [6, 6.07) is 5.69. The van der Waals surface area contributed by atoms with Gasteiger partial charge >= 0.3 is 0 Å². The summed E-state index contributed by atoms with van der Waals surface area (Å²) in [6.45, 7) is 11.9. The zero-order valence-electron chi connectivity index (χ0n) is 13.8. The molecule has 20 heavy (non-hydrogen) atoms. The first-order chi connectivity index (χ1) is 9.06. The van der Waals surface area contributed by atoms with E-state index in [0.29, 0.717) is 5.56 Å². The van der Waals surface area contributed by atoms with Crippen molar-refractivity contribution in [2.45, 2.75) is 45.4 Å². The van der Waals surface area contributed by atoms with Gasteiger partial charge in [0, 0.05) is 17.7 Å². The van der Waals surface area contributed by atoms with Crippen LogP contribution in [0.2, 0.25) is 18.1 Å². The molecule has 0 amide bonds. The first-order valence-electron chi connectivity index (χ1n) is 6.98. The van der Waals surface area contributed by atoms with Crippen molar-refractivity contribution in [1.82, 2.24) is 4.90 Å². The Hall–Kier alpha value is -1.13. The van der Waals surface area contributed by atoms with Crippen LogP contribution in [0.3, 0.4) is 0 Å². The van der Waals surface area contributed by atoms with Crippen LogP contribution in [-0.4, -0.2) is 33.6 Å². The van der Waals surface area contributed by atoms with Crippen LogP contribution in [0, 0.1) is 0 Å². The Bertz CT molecular complexity index is 476. The molecule has 0 spiro atoms. The van der Waals surface area contributed by atoms with E-state index in [-0.39, 0.29) is 5.04 Å². The minimum Gasteiger partial charge on any atom is -0.543 e. The number of rotatable bonds is 5. The summed E-state index contributed by atoms with van der Waals surface area (Å²) in [5.41, 5.74) is 1.77. The SMILES string of the molecule is CN(C)Cc1cc(C=O)ccc1O[Si](C)(C)C(C)(C)C. The lowest BCUT2D eigenvalue weighted by molar-refractivity contribution is 0.112. The van der Waals surface area contributed by atoms with Crippen molar-refractivity contribution in [1.29, 1.82) is 0 Å². The molecule has 0 N–H and O–H groups in total. The number of aldehydes is 1. The molecule has 4 heteroatoms. The molecule has 0 heterocycles. The Morgan fingerprint density at radius 2 is 1.85 bits per heavy atom. The molecule has 0 aliphatic carbocycles. The summed E-state index contributed by atoms with van der Waals surface area (Å²) >= 11 is 0. The maximum Gasteiger partial charge on any atom is 0.250 e. The van der Waals surface area contributed by atoms with Gasteiger partial charge in [-0.05, 0) is 50.4 Å². The zero-order valence-corrected chi connectivity index (χ0v) is 14.8. The Morgan fingerprint density at radius 1 is 1.25 bits per heavy atom. The van der Waals surface area contributed by atoms with Crippen LogP contribution in [0.5, 0.6) is 5.75 Å². The lowest BCUT2D eigenvalue weighted by atomic mass is 10.1. The number of nitrogens with zero attached hydrogens (tertiary/aromatic N) is 1. The van der Waals surface area contributed by atoms with Crippen molar-refractivity contribution >= 4 is 14.6 Å². The molecule has 0 aromatic heterocycles. The van der Waals surface area contributed by atoms with Crippen LogP contribution in [-0.2, 0) is 6.54 Å². The molecule has 0 radical (unpaired) electrons. The van der Waals surface area contributed by atoms with Gasteiger partial charge in [0.15, 0.2) is 0 Å². The summed E-state index contributed by atoms with van der Waals surface area (Å²) in [7, 11) is 2.17. The predicted octanol–water partition coefficient (Wildman–Crippen LogP) is 3.94. The Balaban J connectivity index is 3.14. The largest absolute Gasteiger partial charge is 0.543 e. The molecule has 1 aromatic carbocycles. The fraction of sp³-hybridized carbons (Fsp3) is 0.562. The molecular weight excluding hydrogens is 266 g/mol. The average molecular weight is 293 g/mol. The fourth-order valence-electron chi connectivity index (χ4n) is 1.66. The van der Waals surface area contributed by atoms with Crippen molar-refractivity contribution in [2.24, 2.45) is 0 Å². The summed E-state index contributed by atoms with van der Waals surface area (Å²) in [5.74, 6) is 0.913. The maximum absolute atomic E-state index is 11.0. The molecule has 0 saturated heterocycles. The molecule has 112 valence electrons. The van der Waals surface area contributed by atoms with Crippen LogP contribution < -0.4 is 4.43 Å². The third-order valence-corrected chi connectivity index (χ3v) is 8.22. The monoisotopic (exact) mass is 293 g/mol. The number of hydrogen-bond acceptors (Lipinski definition) is 3. The second-order valence-electron chi connectivity index (χ2n) is 7.09. The topological polar surface area (TPSA) is 29.5 Å². The van der Waals surface area contributed by atoms with Crippen LogP contribution in [0.15, 0.2) is 18.2 Å². The third-order valence-electron chi connectivity index (χ3n) is 3.88. The normalized spacial score (nSPS) is 12.6. The van der Waals surface area contributed by atoms with Crippen molar-refractivity contribution in [3.63, 3.8) is 0 Å². The summed E-state index contributed by atoms with van der Waals surface area (Å²) < 4.78 is 6.39. The van der Waals surface area contributed by atoms with E-state index in [1.165, 1.54) is 0 Å². The molecule has 1 aromatic rings. The minimum absolute atomic E-state index is 0.158. The number of carbonyl (C=O) groups is 1. The minimum atomic E-state index is -1.86. The van der Waals surface area contributed by atoms with Gasteiger partial charge in [-0.2, -0.15) is 0 Å². The van der Waals surface area contributed by atoms with Gasteiger partial charge < -0.3 is 9.33 Å². The average Bonchev–Trinajstić information content (AvgIpc) is 2.29. The summed E-state index contributed by atoms with van der Waals surface area (Å²) in [5, 5.41) is 0.158. The first-order valence-corrected chi connectivity index (χ1v) is 9.89. The molecule has 0 aliphatic rings. The van der Waals surface area contributed by atoms with E-state index in [2.05, 4.69) is 38.8 Å². The second kappa shape index (κ2) is 6.10. The summed E-state index contributed by atoms with van der Waals surface area (Å²) in [4.78, 5) is 13.0. The van der Waals surface area contributed by atoms with Crippen LogP contribution in [0.25, 0.3) is 0 Å². The van der Waals surface area contributed by atoms with Gasteiger partial charge in [0.1, 0.15) is 12.0 Å². The van der Waals surface area contributed by atoms with E-state index in [4.69, 9.17) is 4.43 Å². The molecule has 0 atom stereocenters. The van der Waals surface area contributed by atoms with Gasteiger partial charge in [-0.25, -0.2) is 0 Å². The van der Waals surface area contributed by atoms with Crippen molar-refractivity contribution in [2.75, 3.05) is 14.1 Å². The zero-order chi connectivity index (χ0) is 15.6. The second-order valence-corrected chi connectivity index (χ2v) is 11.8. The van der Waals surface area contributed by atoms with Gasteiger partial charge in [-0.1, -0.05) is 20.8 Å².